The summed E-state index contributed by atoms with van der Waals surface area (Å²) in [7, 11) is 1.23. The van der Waals surface area contributed by atoms with E-state index in [0.29, 0.717) is 6.42 Å². The van der Waals surface area contributed by atoms with Crippen molar-refractivity contribution < 1.29 is 23.9 Å². The van der Waals surface area contributed by atoms with Gasteiger partial charge in [0.1, 0.15) is 12.1 Å². The largest absolute Gasteiger partial charge is 0.467 e. The van der Waals surface area contributed by atoms with Crippen LogP contribution in [0.4, 0.5) is 0 Å². The van der Waals surface area contributed by atoms with Crippen LogP contribution in [0.25, 0.3) is 0 Å². The third-order valence-electron chi connectivity index (χ3n) is 3.98. The van der Waals surface area contributed by atoms with Crippen molar-refractivity contribution in [3.05, 3.63) is 0 Å². The fraction of sp³-hybridized carbons (Fsp3) is 0.778. The molecule has 0 aliphatic heterocycles. The summed E-state index contributed by atoms with van der Waals surface area (Å²) in [5.41, 5.74) is 5.18. The van der Waals surface area contributed by atoms with E-state index in [1.54, 1.807) is 13.8 Å². The molecule has 8 heteroatoms. The van der Waals surface area contributed by atoms with Crippen LogP contribution in [0.15, 0.2) is 0 Å². The molecule has 150 valence electrons. The number of ether oxygens (including phenoxy) is 1. The average molecular weight is 371 g/mol. The van der Waals surface area contributed by atoms with Gasteiger partial charge in [-0.15, -0.1) is 0 Å². The first-order chi connectivity index (χ1) is 12.2. The number of rotatable bonds is 13. The number of hydrogen-bond acceptors (Lipinski definition) is 5. The predicted molar refractivity (Wildman–Crippen MR) is 97.9 cm³/mol. The molecule has 0 aliphatic rings. The number of unbranched alkanes of at least 4 members (excludes halogenated alkanes) is 4. The molecular formula is C18H33N3O5. The van der Waals surface area contributed by atoms with Gasteiger partial charge in [0.15, 0.2) is 0 Å². The number of hydrogen-bond donors (Lipinski definition) is 3. The summed E-state index contributed by atoms with van der Waals surface area (Å²) in [6, 6.07) is -1.98. The molecule has 0 bridgehead atoms. The summed E-state index contributed by atoms with van der Waals surface area (Å²) < 4.78 is 4.67. The third kappa shape index (κ3) is 10.0. The molecule has 2 atom stereocenters. The van der Waals surface area contributed by atoms with Crippen molar-refractivity contribution in [3.63, 3.8) is 0 Å². The lowest BCUT2D eigenvalue weighted by Crippen LogP contribution is -2.54. The zero-order valence-electron chi connectivity index (χ0n) is 16.3. The fourth-order valence-electron chi connectivity index (χ4n) is 2.44. The lowest BCUT2D eigenvalue weighted by atomic mass is 10.0. The van der Waals surface area contributed by atoms with Gasteiger partial charge in [0.2, 0.25) is 17.7 Å². The van der Waals surface area contributed by atoms with Gasteiger partial charge in [-0.1, -0.05) is 46.5 Å². The minimum absolute atomic E-state index is 0.213. The highest BCUT2D eigenvalue weighted by molar-refractivity contribution is 5.93. The van der Waals surface area contributed by atoms with Crippen LogP contribution in [-0.4, -0.2) is 42.9 Å². The first-order valence-electron chi connectivity index (χ1n) is 9.18. The Morgan fingerprint density at radius 3 is 2.12 bits per heavy atom. The van der Waals surface area contributed by atoms with Gasteiger partial charge in [0.25, 0.3) is 0 Å². The molecular weight excluding hydrogens is 338 g/mol. The SMILES string of the molecule is CCCCCCCC(=O)N[C@H](CC(N)=O)C(=O)NC(C(=O)OC)C(C)C. The van der Waals surface area contributed by atoms with E-state index in [2.05, 4.69) is 22.3 Å². The number of carbonyl (C=O) groups is 4. The maximum absolute atomic E-state index is 12.4. The molecule has 0 aromatic rings. The smallest absolute Gasteiger partial charge is 0.328 e. The van der Waals surface area contributed by atoms with Gasteiger partial charge >= 0.3 is 5.97 Å². The first-order valence-corrected chi connectivity index (χ1v) is 9.18. The number of carbonyl (C=O) groups excluding carboxylic acids is 4. The molecule has 0 spiro atoms. The highest BCUT2D eigenvalue weighted by Gasteiger charge is 2.30. The van der Waals surface area contributed by atoms with Gasteiger partial charge in [0.05, 0.1) is 13.5 Å². The van der Waals surface area contributed by atoms with E-state index in [0.717, 1.165) is 25.7 Å². The van der Waals surface area contributed by atoms with E-state index < -0.39 is 29.9 Å². The molecule has 0 fully saturated rings. The number of nitrogens with one attached hydrogen (secondary N) is 2. The molecule has 0 heterocycles. The minimum atomic E-state index is -1.11. The number of primary amides is 1. The van der Waals surface area contributed by atoms with E-state index in [-0.39, 0.29) is 24.7 Å². The zero-order chi connectivity index (χ0) is 20.1. The standard InChI is InChI=1S/C18H33N3O5/c1-5-6-7-8-9-10-15(23)20-13(11-14(19)22)17(24)21-16(12(2)3)18(25)26-4/h12-13,16H,5-11H2,1-4H3,(H2,19,22)(H,20,23)(H,21,24)/t13-,16?/m1/s1. The topological polar surface area (TPSA) is 128 Å². The number of methoxy groups -OCH3 is 1. The van der Waals surface area contributed by atoms with E-state index >= 15 is 0 Å². The van der Waals surface area contributed by atoms with Gasteiger partial charge < -0.3 is 21.1 Å². The second-order valence-corrected chi connectivity index (χ2v) is 6.71. The molecule has 0 aromatic carbocycles. The van der Waals surface area contributed by atoms with E-state index in [4.69, 9.17) is 5.73 Å². The van der Waals surface area contributed by atoms with Gasteiger partial charge in [-0.2, -0.15) is 0 Å². The van der Waals surface area contributed by atoms with Crippen LogP contribution >= 0.6 is 0 Å². The fourth-order valence-corrected chi connectivity index (χ4v) is 2.44. The average Bonchev–Trinajstić information content (AvgIpc) is 2.57. The molecule has 0 aromatic heterocycles. The van der Waals surface area contributed by atoms with Crippen LogP contribution in [0.5, 0.6) is 0 Å². The number of nitrogens with two attached hydrogens (primary N) is 1. The molecule has 4 N–H and O–H groups in total. The van der Waals surface area contributed by atoms with Gasteiger partial charge in [-0.25, -0.2) is 4.79 Å². The summed E-state index contributed by atoms with van der Waals surface area (Å²) in [4.78, 5) is 47.5. The summed E-state index contributed by atoms with van der Waals surface area (Å²) in [6.07, 6.45) is 4.89. The summed E-state index contributed by atoms with van der Waals surface area (Å²) in [6.45, 7) is 5.61. The Kier molecular flexibility index (Phi) is 12.1. The molecule has 8 nitrogen and oxygen atoms in total. The van der Waals surface area contributed by atoms with Gasteiger partial charge in [-0.3, -0.25) is 14.4 Å². The Hall–Kier alpha value is -2.12. The van der Waals surface area contributed by atoms with Crippen molar-refractivity contribution in [1.29, 1.82) is 0 Å². The predicted octanol–water partition coefficient (Wildman–Crippen LogP) is 1.02. The van der Waals surface area contributed by atoms with E-state index in [9.17, 15) is 19.2 Å². The van der Waals surface area contributed by atoms with Crippen molar-refractivity contribution in [2.24, 2.45) is 11.7 Å². The van der Waals surface area contributed by atoms with Crippen LogP contribution in [0.3, 0.4) is 0 Å². The number of amides is 3. The first kappa shape index (κ1) is 23.9. The normalized spacial score (nSPS) is 13.0. The molecule has 3 amide bonds. The maximum Gasteiger partial charge on any atom is 0.328 e. The second-order valence-electron chi connectivity index (χ2n) is 6.71. The quantitative estimate of drug-likeness (QED) is 0.329. The molecule has 0 rings (SSSR count). The van der Waals surface area contributed by atoms with Crippen molar-refractivity contribution in [2.75, 3.05) is 7.11 Å². The Balaban J connectivity index is 4.75. The lowest BCUT2D eigenvalue weighted by molar-refractivity contribution is -0.146. The highest BCUT2D eigenvalue weighted by Crippen LogP contribution is 2.07. The Bertz CT molecular complexity index is 479. The van der Waals surface area contributed by atoms with E-state index in [1.165, 1.54) is 7.11 Å². The lowest BCUT2D eigenvalue weighted by Gasteiger charge is -2.23. The van der Waals surface area contributed by atoms with Gasteiger partial charge in [-0.05, 0) is 12.3 Å². The maximum atomic E-state index is 12.4. The zero-order valence-corrected chi connectivity index (χ0v) is 16.3. The molecule has 0 radical (unpaired) electrons. The molecule has 26 heavy (non-hydrogen) atoms. The molecule has 0 saturated heterocycles. The Morgan fingerprint density at radius 1 is 1.00 bits per heavy atom. The summed E-state index contributed by atoms with van der Waals surface area (Å²) >= 11 is 0. The Morgan fingerprint density at radius 2 is 1.62 bits per heavy atom. The molecule has 1 unspecified atom stereocenters. The molecule has 0 aliphatic carbocycles. The van der Waals surface area contributed by atoms with Crippen LogP contribution in [-0.2, 0) is 23.9 Å². The van der Waals surface area contributed by atoms with Crippen molar-refractivity contribution in [2.45, 2.75) is 77.8 Å². The third-order valence-corrected chi connectivity index (χ3v) is 3.98. The highest BCUT2D eigenvalue weighted by atomic mass is 16.5. The summed E-state index contributed by atoms with van der Waals surface area (Å²) in [5, 5.41) is 5.06. The molecule has 0 saturated carbocycles. The van der Waals surface area contributed by atoms with Crippen LogP contribution in [0.2, 0.25) is 0 Å². The summed E-state index contributed by atoms with van der Waals surface area (Å²) in [5.74, 6) is -2.47. The van der Waals surface area contributed by atoms with Crippen molar-refractivity contribution >= 4 is 23.7 Å². The minimum Gasteiger partial charge on any atom is -0.467 e. The van der Waals surface area contributed by atoms with Crippen LogP contribution in [0.1, 0.15) is 65.7 Å². The van der Waals surface area contributed by atoms with Crippen molar-refractivity contribution in [1.82, 2.24) is 10.6 Å². The monoisotopic (exact) mass is 371 g/mol. The van der Waals surface area contributed by atoms with Crippen LogP contribution in [0, 0.1) is 5.92 Å². The number of esters is 1. The van der Waals surface area contributed by atoms with E-state index in [1.807, 2.05) is 0 Å². The van der Waals surface area contributed by atoms with Crippen molar-refractivity contribution in [3.8, 4) is 0 Å². The van der Waals surface area contributed by atoms with Gasteiger partial charge in [0, 0.05) is 6.42 Å². The van der Waals surface area contributed by atoms with Crippen LogP contribution < -0.4 is 16.4 Å². The second kappa shape index (κ2) is 13.1. The Labute approximate surface area is 155 Å².